The lowest BCUT2D eigenvalue weighted by Crippen LogP contribution is -2.01. The summed E-state index contributed by atoms with van der Waals surface area (Å²) in [6.45, 7) is 2.76. The van der Waals surface area contributed by atoms with Gasteiger partial charge in [0.25, 0.3) is 0 Å². The van der Waals surface area contributed by atoms with Gasteiger partial charge in [-0.3, -0.25) is 0 Å². The number of halogens is 2. The fourth-order valence-corrected chi connectivity index (χ4v) is 2.72. The Labute approximate surface area is 141 Å². The summed E-state index contributed by atoms with van der Waals surface area (Å²) in [5.41, 5.74) is 1.74. The summed E-state index contributed by atoms with van der Waals surface area (Å²) in [7, 11) is 0. The van der Waals surface area contributed by atoms with Crippen molar-refractivity contribution in [2.45, 2.75) is 19.4 Å². The molecule has 2 aromatic rings. The van der Waals surface area contributed by atoms with Crippen LogP contribution in [0.1, 0.15) is 30.6 Å². The van der Waals surface area contributed by atoms with Gasteiger partial charge in [0.2, 0.25) is 0 Å². The predicted molar refractivity (Wildman–Crippen MR) is 93.1 cm³/mol. The molecule has 0 aromatic heterocycles. The average Bonchev–Trinajstić information content (AvgIpc) is 2.46. The lowest BCUT2D eigenvalue weighted by Gasteiger charge is -2.14. The number of ether oxygens (including phenoxy) is 1. The summed E-state index contributed by atoms with van der Waals surface area (Å²) in [5, 5.41) is 10.4. The summed E-state index contributed by atoms with van der Waals surface area (Å²) in [4.78, 5) is 0. The molecule has 2 rings (SSSR count). The number of benzene rings is 2. The van der Waals surface area contributed by atoms with E-state index in [2.05, 4.69) is 45.4 Å². The summed E-state index contributed by atoms with van der Waals surface area (Å²) < 4.78 is 7.64. The fraction of sp³-hybridized carbons (Fsp3) is 0.250. The van der Waals surface area contributed by atoms with Crippen LogP contribution in [-0.4, -0.2) is 11.7 Å². The molecule has 1 unspecified atom stereocenters. The van der Waals surface area contributed by atoms with E-state index in [-0.39, 0.29) is 0 Å². The van der Waals surface area contributed by atoms with Crippen LogP contribution in [0.4, 0.5) is 0 Å². The Hall–Kier alpha value is -0.590. The zero-order valence-electron chi connectivity index (χ0n) is 11.1. The fourth-order valence-electron chi connectivity index (χ4n) is 1.85. The van der Waals surface area contributed by atoms with Gasteiger partial charge in [-0.05, 0) is 80.3 Å². The Morgan fingerprint density at radius 2 is 1.80 bits per heavy atom. The van der Waals surface area contributed by atoms with Crippen molar-refractivity contribution in [1.82, 2.24) is 0 Å². The maximum atomic E-state index is 10.4. The maximum absolute atomic E-state index is 10.4. The molecule has 0 saturated heterocycles. The van der Waals surface area contributed by atoms with Gasteiger partial charge in [0.05, 0.1) is 11.1 Å². The van der Waals surface area contributed by atoms with E-state index in [1.807, 2.05) is 42.5 Å². The molecule has 0 fully saturated rings. The molecule has 0 aliphatic rings. The first-order chi connectivity index (χ1) is 9.61. The molecule has 2 nitrogen and oxygen atoms in total. The molecule has 0 heterocycles. The molecule has 0 saturated carbocycles. The van der Waals surface area contributed by atoms with Crippen molar-refractivity contribution in [1.29, 1.82) is 0 Å². The number of aliphatic hydroxyl groups excluding tert-OH is 1. The Bertz CT molecular complexity index is 569. The van der Waals surface area contributed by atoms with E-state index in [4.69, 9.17) is 4.74 Å². The van der Waals surface area contributed by atoms with E-state index in [0.29, 0.717) is 6.61 Å². The van der Waals surface area contributed by atoms with Gasteiger partial charge in [0, 0.05) is 3.57 Å². The SMILES string of the molecule is CCCOc1ccc(C(O)c2ccc(I)cc2)cc1Br. The zero-order valence-corrected chi connectivity index (χ0v) is 14.9. The third-order valence-corrected chi connectivity index (χ3v) is 4.26. The summed E-state index contributed by atoms with van der Waals surface area (Å²) in [6, 6.07) is 13.6. The molecule has 4 heteroatoms. The topological polar surface area (TPSA) is 29.5 Å². The number of hydrogen-bond donors (Lipinski definition) is 1. The van der Waals surface area contributed by atoms with E-state index in [1.165, 1.54) is 0 Å². The van der Waals surface area contributed by atoms with Gasteiger partial charge in [-0.15, -0.1) is 0 Å². The highest BCUT2D eigenvalue weighted by atomic mass is 127. The zero-order chi connectivity index (χ0) is 14.5. The number of aliphatic hydroxyl groups is 1. The molecule has 0 bridgehead atoms. The second-order valence-electron chi connectivity index (χ2n) is 4.49. The molecule has 106 valence electrons. The van der Waals surface area contributed by atoms with Crippen LogP contribution in [0.25, 0.3) is 0 Å². The Balaban J connectivity index is 2.20. The smallest absolute Gasteiger partial charge is 0.133 e. The van der Waals surface area contributed by atoms with Gasteiger partial charge >= 0.3 is 0 Å². The second kappa shape index (κ2) is 7.43. The predicted octanol–water partition coefficient (Wildman–Crippen LogP) is 4.92. The highest BCUT2D eigenvalue weighted by molar-refractivity contribution is 14.1. The first-order valence-electron chi connectivity index (χ1n) is 6.47. The van der Waals surface area contributed by atoms with Crippen molar-refractivity contribution < 1.29 is 9.84 Å². The molecule has 1 atom stereocenters. The third kappa shape index (κ3) is 3.96. The molecule has 20 heavy (non-hydrogen) atoms. The minimum atomic E-state index is -0.622. The van der Waals surface area contributed by atoms with Gasteiger partial charge in [0.1, 0.15) is 11.9 Å². The van der Waals surface area contributed by atoms with Crippen LogP contribution >= 0.6 is 38.5 Å². The molecule has 0 aliphatic carbocycles. The van der Waals surface area contributed by atoms with Gasteiger partial charge < -0.3 is 9.84 Å². The molecule has 0 aliphatic heterocycles. The van der Waals surface area contributed by atoms with Crippen LogP contribution in [0.15, 0.2) is 46.9 Å². The quantitative estimate of drug-likeness (QED) is 0.660. The van der Waals surface area contributed by atoms with E-state index in [9.17, 15) is 5.11 Å². The van der Waals surface area contributed by atoms with Gasteiger partial charge in [0.15, 0.2) is 0 Å². The highest BCUT2D eigenvalue weighted by Gasteiger charge is 2.12. The van der Waals surface area contributed by atoms with E-state index in [1.54, 1.807) is 0 Å². The van der Waals surface area contributed by atoms with Crippen molar-refractivity contribution in [3.63, 3.8) is 0 Å². The minimum Gasteiger partial charge on any atom is -0.492 e. The van der Waals surface area contributed by atoms with E-state index in [0.717, 1.165) is 31.3 Å². The van der Waals surface area contributed by atoms with Crippen LogP contribution in [0.3, 0.4) is 0 Å². The molecular formula is C16H16BrIO2. The molecule has 1 N–H and O–H groups in total. The first-order valence-corrected chi connectivity index (χ1v) is 8.34. The monoisotopic (exact) mass is 446 g/mol. The highest BCUT2D eigenvalue weighted by Crippen LogP contribution is 2.31. The molecule has 0 amide bonds. The normalized spacial score (nSPS) is 12.2. The third-order valence-electron chi connectivity index (χ3n) is 2.92. The molecule has 0 radical (unpaired) electrons. The molecular weight excluding hydrogens is 431 g/mol. The number of hydrogen-bond acceptors (Lipinski definition) is 2. The first kappa shape index (κ1) is 15.8. The molecule has 0 spiro atoms. The Kier molecular flexibility index (Phi) is 5.86. The number of rotatable bonds is 5. The Morgan fingerprint density at radius 3 is 2.40 bits per heavy atom. The minimum absolute atomic E-state index is 0.622. The summed E-state index contributed by atoms with van der Waals surface area (Å²) in [6.07, 6.45) is 0.350. The van der Waals surface area contributed by atoms with Crippen molar-refractivity contribution in [2.75, 3.05) is 6.61 Å². The largest absolute Gasteiger partial charge is 0.492 e. The van der Waals surface area contributed by atoms with Crippen molar-refractivity contribution in [3.8, 4) is 5.75 Å². The van der Waals surface area contributed by atoms with Crippen molar-refractivity contribution >= 4 is 38.5 Å². The van der Waals surface area contributed by atoms with Crippen LogP contribution in [0, 0.1) is 3.57 Å². The van der Waals surface area contributed by atoms with Gasteiger partial charge in [-0.2, -0.15) is 0 Å². The maximum Gasteiger partial charge on any atom is 0.133 e. The van der Waals surface area contributed by atoms with E-state index < -0.39 is 6.10 Å². The average molecular weight is 447 g/mol. The lowest BCUT2D eigenvalue weighted by atomic mass is 10.0. The summed E-state index contributed by atoms with van der Waals surface area (Å²) in [5.74, 6) is 0.811. The van der Waals surface area contributed by atoms with Crippen LogP contribution in [0.5, 0.6) is 5.75 Å². The Morgan fingerprint density at radius 1 is 1.15 bits per heavy atom. The van der Waals surface area contributed by atoms with Crippen LogP contribution in [0.2, 0.25) is 0 Å². The lowest BCUT2D eigenvalue weighted by molar-refractivity contribution is 0.220. The summed E-state index contributed by atoms with van der Waals surface area (Å²) >= 11 is 5.74. The standard InChI is InChI=1S/C16H16BrIO2/c1-2-9-20-15-8-5-12(10-14(15)17)16(19)11-3-6-13(18)7-4-11/h3-8,10,16,19H,2,9H2,1H3. The van der Waals surface area contributed by atoms with Gasteiger partial charge in [-0.1, -0.05) is 25.1 Å². The van der Waals surface area contributed by atoms with Crippen molar-refractivity contribution in [2.24, 2.45) is 0 Å². The van der Waals surface area contributed by atoms with Crippen molar-refractivity contribution in [3.05, 3.63) is 61.6 Å². The van der Waals surface area contributed by atoms with Gasteiger partial charge in [-0.25, -0.2) is 0 Å². The molecule has 2 aromatic carbocycles. The second-order valence-corrected chi connectivity index (χ2v) is 6.59. The van der Waals surface area contributed by atoms with E-state index >= 15 is 0 Å². The van der Waals surface area contributed by atoms with Crippen LogP contribution < -0.4 is 4.74 Å². The van der Waals surface area contributed by atoms with Crippen LogP contribution in [-0.2, 0) is 0 Å².